The van der Waals surface area contributed by atoms with E-state index in [0.29, 0.717) is 56.3 Å². The minimum absolute atomic E-state index is 0.0543. The predicted molar refractivity (Wildman–Crippen MR) is 154 cm³/mol. The highest BCUT2D eigenvalue weighted by Crippen LogP contribution is 2.23. The van der Waals surface area contributed by atoms with Gasteiger partial charge in [-0.1, -0.05) is 12.1 Å². The maximum absolute atomic E-state index is 12.9. The molecule has 0 spiro atoms. The zero-order valence-electron chi connectivity index (χ0n) is 24.3. The number of amides is 1. The monoisotopic (exact) mass is 585 g/mol. The standard InChI is InChI=1S/C28H39N7O7/c1-33(11-12-41-21-6-4-5-20(15-21)16-23(37)40-3)18-22(36)34-9-7-19(8-10-34)17-35-26-24(30-28(35)38)25(29)31-27(32-26)42-14-13-39-2/h4-6,15,19H,7-14,16-18H2,1-3H3,(H,30,38)(H2,29,31,32). The van der Waals surface area contributed by atoms with E-state index in [2.05, 4.69) is 15.0 Å². The van der Waals surface area contributed by atoms with Gasteiger partial charge in [0, 0.05) is 33.3 Å². The van der Waals surface area contributed by atoms with E-state index < -0.39 is 0 Å². The van der Waals surface area contributed by atoms with Crippen LogP contribution in [0, 0.1) is 5.92 Å². The summed E-state index contributed by atoms with van der Waals surface area (Å²) in [7, 11) is 4.81. The minimum atomic E-state index is -0.308. The van der Waals surface area contributed by atoms with Gasteiger partial charge in [-0.25, -0.2) is 4.79 Å². The number of fused-ring (bicyclic) bond motifs is 1. The molecule has 3 N–H and O–H groups in total. The molecule has 3 heterocycles. The maximum atomic E-state index is 12.9. The van der Waals surface area contributed by atoms with Gasteiger partial charge in [-0.15, -0.1) is 0 Å². The van der Waals surface area contributed by atoms with E-state index in [1.54, 1.807) is 11.7 Å². The van der Waals surface area contributed by atoms with Crippen LogP contribution in [0.1, 0.15) is 18.4 Å². The Balaban J connectivity index is 1.23. The van der Waals surface area contributed by atoms with Gasteiger partial charge in [0.1, 0.15) is 24.5 Å². The topological polar surface area (TPSA) is 167 Å². The molecule has 1 fully saturated rings. The maximum Gasteiger partial charge on any atom is 0.327 e. The molecule has 1 amide bonds. The molecule has 14 heteroatoms. The third kappa shape index (κ3) is 8.19. The van der Waals surface area contributed by atoms with Gasteiger partial charge in [-0.3, -0.25) is 19.1 Å². The zero-order valence-corrected chi connectivity index (χ0v) is 24.3. The van der Waals surface area contributed by atoms with Crippen LogP contribution in [0.2, 0.25) is 0 Å². The lowest BCUT2D eigenvalue weighted by atomic mass is 9.96. The first kappa shape index (κ1) is 30.8. The molecule has 3 aromatic rings. The average Bonchev–Trinajstić information content (AvgIpc) is 3.28. The van der Waals surface area contributed by atoms with Crippen molar-refractivity contribution in [2.75, 3.05) is 73.0 Å². The van der Waals surface area contributed by atoms with Gasteiger partial charge in [-0.2, -0.15) is 9.97 Å². The number of hydrogen-bond donors (Lipinski definition) is 2. The van der Waals surface area contributed by atoms with Gasteiger partial charge in [0.2, 0.25) is 5.91 Å². The Kier molecular flexibility index (Phi) is 10.7. The van der Waals surface area contributed by atoms with E-state index in [4.69, 9.17) is 24.7 Å². The van der Waals surface area contributed by atoms with Crippen LogP contribution < -0.4 is 20.9 Å². The SMILES string of the molecule is COCCOc1nc(N)c2[nH]c(=O)n(CC3CCN(C(=O)CN(C)CCOc4cccc(CC(=O)OC)c4)CC3)c2n1. The normalized spacial score (nSPS) is 14.0. The highest BCUT2D eigenvalue weighted by Gasteiger charge is 2.25. The van der Waals surface area contributed by atoms with Crippen LogP contribution in [-0.2, 0) is 32.0 Å². The number of hydrogen-bond acceptors (Lipinski definition) is 11. The molecule has 42 heavy (non-hydrogen) atoms. The number of carbonyl (C=O) groups is 2. The smallest absolute Gasteiger partial charge is 0.327 e. The number of nitrogens with one attached hydrogen (secondary N) is 1. The van der Waals surface area contributed by atoms with E-state index in [1.807, 2.05) is 41.1 Å². The van der Waals surface area contributed by atoms with Crippen molar-refractivity contribution in [2.45, 2.75) is 25.8 Å². The fourth-order valence-electron chi connectivity index (χ4n) is 4.82. The number of esters is 1. The molecule has 0 unspecified atom stereocenters. The number of likely N-dealkylation sites (tertiary alicyclic amines) is 1. The van der Waals surface area contributed by atoms with Crippen molar-refractivity contribution >= 4 is 28.9 Å². The number of likely N-dealkylation sites (N-methyl/N-ethyl adjacent to an activating group) is 1. The third-order valence-electron chi connectivity index (χ3n) is 7.18. The molecule has 1 aliphatic rings. The predicted octanol–water partition coefficient (Wildman–Crippen LogP) is 0.692. The van der Waals surface area contributed by atoms with Crippen molar-refractivity contribution in [3.05, 3.63) is 40.3 Å². The second kappa shape index (κ2) is 14.6. The van der Waals surface area contributed by atoms with Crippen molar-refractivity contribution < 1.29 is 28.5 Å². The fourth-order valence-corrected chi connectivity index (χ4v) is 4.82. The summed E-state index contributed by atoms with van der Waals surface area (Å²) in [4.78, 5) is 52.2. The number of imidazole rings is 1. The Morgan fingerprint density at radius 3 is 2.64 bits per heavy atom. The molecule has 1 saturated heterocycles. The molecule has 1 aromatic carbocycles. The summed E-state index contributed by atoms with van der Waals surface area (Å²) in [5.41, 5.74) is 7.33. The Hall–Kier alpha value is -4.17. The highest BCUT2D eigenvalue weighted by atomic mass is 16.5. The van der Waals surface area contributed by atoms with E-state index in [9.17, 15) is 14.4 Å². The molecule has 0 saturated carbocycles. The number of anilines is 1. The van der Waals surface area contributed by atoms with Crippen molar-refractivity contribution in [3.63, 3.8) is 0 Å². The van der Waals surface area contributed by atoms with Crippen LogP contribution in [0.4, 0.5) is 5.82 Å². The fraction of sp³-hybridized carbons (Fsp3) is 0.536. The van der Waals surface area contributed by atoms with Crippen molar-refractivity contribution in [1.82, 2.24) is 29.3 Å². The number of rotatable bonds is 14. The number of nitrogen functional groups attached to an aromatic ring is 1. The van der Waals surface area contributed by atoms with Crippen LogP contribution in [0.3, 0.4) is 0 Å². The molecule has 14 nitrogen and oxygen atoms in total. The lowest BCUT2D eigenvalue weighted by molar-refractivity contribution is -0.139. The van der Waals surface area contributed by atoms with E-state index in [1.165, 1.54) is 7.11 Å². The van der Waals surface area contributed by atoms with E-state index in [0.717, 1.165) is 18.4 Å². The first-order valence-corrected chi connectivity index (χ1v) is 13.9. The molecule has 0 bridgehead atoms. The number of aromatic nitrogens is 4. The largest absolute Gasteiger partial charge is 0.492 e. The van der Waals surface area contributed by atoms with Crippen LogP contribution in [-0.4, -0.2) is 108 Å². The summed E-state index contributed by atoms with van der Waals surface area (Å²) in [5.74, 6) is 0.750. The molecule has 4 rings (SSSR count). The molecule has 0 radical (unpaired) electrons. The van der Waals surface area contributed by atoms with E-state index in [-0.39, 0.29) is 54.9 Å². The van der Waals surface area contributed by atoms with Crippen molar-refractivity contribution in [2.24, 2.45) is 5.92 Å². The van der Waals surface area contributed by atoms with Gasteiger partial charge in [0.25, 0.3) is 0 Å². The van der Waals surface area contributed by atoms with Gasteiger partial charge in [-0.05, 0) is 43.5 Å². The second-order valence-electron chi connectivity index (χ2n) is 10.3. The Bertz CT molecular complexity index is 1420. The highest BCUT2D eigenvalue weighted by molar-refractivity contribution is 5.82. The molecule has 1 aliphatic heterocycles. The average molecular weight is 586 g/mol. The van der Waals surface area contributed by atoms with Gasteiger partial charge >= 0.3 is 17.7 Å². The Morgan fingerprint density at radius 2 is 1.90 bits per heavy atom. The van der Waals surface area contributed by atoms with Gasteiger partial charge in [0.15, 0.2) is 11.5 Å². The Morgan fingerprint density at radius 1 is 1.12 bits per heavy atom. The Labute approximate surface area is 243 Å². The summed E-state index contributed by atoms with van der Waals surface area (Å²) < 4.78 is 22.6. The second-order valence-corrected chi connectivity index (χ2v) is 10.3. The van der Waals surface area contributed by atoms with E-state index >= 15 is 0 Å². The lowest BCUT2D eigenvalue weighted by Gasteiger charge is -2.33. The van der Waals surface area contributed by atoms with Crippen molar-refractivity contribution in [1.29, 1.82) is 0 Å². The molecular weight excluding hydrogens is 546 g/mol. The van der Waals surface area contributed by atoms with Crippen LogP contribution in [0.5, 0.6) is 11.8 Å². The van der Waals surface area contributed by atoms with Crippen LogP contribution in [0.15, 0.2) is 29.1 Å². The molecule has 0 atom stereocenters. The summed E-state index contributed by atoms with van der Waals surface area (Å²) in [6.45, 7) is 3.55. The molecule has 228 valence electrons. The molecular formula is C28H39N7O7. The number of piperidine rings is 1. The quantitative estimate of drug-likeness (QED) is 0.202. The first-order chi connectivity index (χ1) is 20.3. The summed E-state index contributed by atoms with van der Waals surface area (Å²) in [6, 6.07) is 7.41. The van der Waals surface area contributed by atoms with Crippen LogP contribution in [0.25, 0.3) is 11.2 Å². The summed E-state index contributed by atoms with van der Waals surface area (Å²) >= 11 is 0. The first-order valence-electron chi connectivity index (χ1n) is 13.9. The van der Waals surface area contributed by atoms with Gasteiger partial charge in [0.05, 0.1) is 26.7 Å². The number of nitrogens with two attached hydrogens (primary N) is 1. The summed E-state index contributed by atoms with van der Waals surface area (Å²) in [5, 5.41) is 0. The lowest BCUT2D eigenvalue weighted by Crippen LogP contribution is -2.44. The number of ether oxygens (including phenoxy) is 4. The number of carbonyl (C=O) groups excluding carboxylic acids is 2. The number of methoxy groups -OCH3 is 2. The van der Waals surface area contributed by atoms with Gasteiger partial charge < -0.3 is 34.6 Å². The number of aromatic amines is 1. The number of nitrogens with zero attached hydrogens (tertiary/aromatic N) is 5. The summed E-state index contributed by atoms with van der Waals surface area (Å²) in [6.07, 6.45) is 1.71. The minimum Gasteiger partial charge on any atom is -0.492 e. The third-order valence-corrected chi connectivity index (χ3v) is 7.18. The number of benzene rings is 1. The van der Waals surface area contributed by atoms with Crippen molar-refractivity contribution in [3.8, 4) is 11.8 Å². The zero-order chi connectivity index (χ0) is 30.1. The molecule has 2 aromatic heterocycles. The number of H-pyrrole nitrogens is 1. The molecule has 0 aliphatic carbocycles. The van der Waals surface area contributed by atoms with Crippen LogP contribution >= 0.6 is 0 Å².